The molecule has 0 amide bonds. The fourth-order valence-corrected chi connectivity index (χ4v) is 3.18. The largest absolute Gasteiger partial charge is 0.457 e. The molecule has 1 fully saturated rings. The first-order valence-corrected chi connectivity index (χ1v) is 9.98. The molecule has 29 heavy (non-hydrogen) atoms. The molecule has 2 aromatic carbocycles. The van der Waals surface area contributed by atoms with Crippen molar-refractivity contribution in [3.8, 4) is 6.07 Å². The van der Waals surface area contributed by atoms with Crippen molar-refractivity contribution >= 4 is 29.6 Å². The van der Waals surface area contributed by atoms with Crippen molar-refractivity contribution in [2.75, 3.05) is 13.6 Å². The van der Waals surface area contributed by atoms with E-state index in [0.717, 1.165) is 36.1 Å². The number of nitriles is 1. The summed E-state index contributed by atoms with van der Waals surface area (Å²) in [7, 11) is 1.93. The van der Waals surface area contributed by atoms with Gasteiger partial charge < -0.3 is 9.64 Å². The van der Waals surface area contributed by atoms with Crippen molar-refractivity contribution < 1.29 is 9.53 Å². The van der Waals surface area contributed by atoms with Crippen LogP contribution in [0.3, 0.4) is 0 Å². The molecular weight excluding hydrogens is 386 g/mol. The van der Waals surface area contributed by atoms with Crippen molar-refractivity contribution in [2.45, 2.75) is 38.7 Å². The summed E-state index contributed by atoms with van der Waals surface area (Å²) in [5.41, 5.74) is 3.47. The number of hydrogen-bond donors (Lipinski definition) is 0. The van der Waals surface area contributed by atoms with Crippen LogP contribution in [0.1, 0.15) is 46.8 Å². The van der Waals surface area contributed by atoms with E-state index in [1.807, 2.05) is 50.1 Å². The van der Waals surface area contributed by atoms with E-state index in [0.29, 0.717) is 16.3 Å². The molecule has 0 bridgehead atoms. The van der Waals surface area contributed by atoms with Gasteiger partial charge in [-0.15, -0.1) is 0 Å². The highest BCUT2D eigenvalue weighted by Gasteiger charge is 2.44. The lowest BCUT2D eigenvalue weighted by Crippen LogP contribution is -2.14. The van der Waals surface area contributed by atoms with E-state index in [2.05, 4.69) is 11.1 Å². The highest BCUT2D eigenvalue weighted by molar-refractivity contribution is 6.33. The number of rotatable bonds is 7. The summed E-state index contributed by atoms with van der Waals surface area (Å²) < 4.78 is 5.44. The SMILES string of the molecule is CCN(C)/C=N/c1cc(Cl)c(C(=O)OCc2ccc(C3(C#N)CC3)cc2)cc1C. The molecule has 1 aliphatic rings. The summed E-state index contributed by atoms with van der Waals surface area (Å²) in [5.74, 6) is -0.473. The van der Waals surface area contributed by atoms with Crippen LogP contribution in [0, 0.1) is 18.3 Å². The van der Waals surface area contributed by atoms with Gasteiger partial charge in [0.25, 0.3) is 0 Å². The Labute approximate surface area is 176 Å². The summed E-state index contributed by atoms with van der Waals surface area (Å²) in [6, 6.07) is 13.4. The average Bonchev–Trinajstić information content (AvgIpc) is 3.53. The molecule has 0 aromatic heterocycles. The van der Waals surface area contributed by atoms with E-state index >= 15 is 0 Å². The van der Waals surface area contributed by atoms with Gasteiger partial charge in [0.05, 0.1) is 34.1 Å². The predicted octanol–water partition coefficient (Wildman–Crippen LogP) is 5.17. The Morgan fingerprint density at radius 1 is 1.34 bits per heavy atom. The molecular formula is C23H24ClN3O2. The second-order valence-electron chi connectivity index (χ2n) is 7.40. The maximum absolute atomic E-state index is 12.5. The zero-order valence-electron chi connectivity index (χ0n) is 16.9. The first-order valence-electron chi connectivity index (χ1n) is 9.61. The molecule has 0 radical (unpaired) electrons. The van der Waals surface area contributed by atoms with Crippen LogP contribution in [-0.4, -0.2) is 30.8 Å². The Hall–Kier alpha value is -2.84. The minimum atomic E-state index is -0.473. The number of aliphatic imine (C=N–C) groups is 1. The molecule has 6 heteroatoms. The van der Waals surface area contributed by atoms with Gasteiger partial charge in [0.15, 0.2) is 0 Å². The smallest absolute Gasteiger partial charge is 0.339 e. The molecule has 0 unspecified atom stereocenters. The monoisotopic (exact) mass is 409 g/mol. The van der Waals surface area contributed by atoms with Crippen LogP contribution in [0.4, 0.5) is 5.69 Å². The van der Waals surface area contributed by atoms with Gasteiger partial charge in [-0.1, -0.05) is 35.9 Å². The van der Waals surface area contributed by atoms with Gasteiger partial charge in [0.1, 0.15) is 6.61 Å². The molecule has 2 aromatic rings. The lowest BCUT2D eigenvalue weighted by Gasteiger charge is -2.11. The summed E-state index contributed by atoms with van der Waals surface area (Å²) in [5, 5.41) is 9.59. The van der Waals surface area contributed by atoms with Crippen molar-refractivity contribution in [1.29, 1.82) is 5.26 Å². The lowest BCUT2D eigenvalue weighted by atomic mass is 9.97. The van der Waals surface area contributed by atoms with Gasteiger partial charge >= 0.3 is 5.97 Å². The maximum Gasteiger partial charge on any atom is 0.339 e. The predicted molar refractivity (Wildman–Crippen MR) is 115 cm³/mol. The molecule has 0 saturated heterocycles. The van der Waals surface area contributed by atoms with Crippen LogP contribution >= 0.6 is 11.6 Å². The van der Waals surface area contributed by atoms with E-state index in [-0.39, 0.29) is 12.0 Å². The van der Waals surface area contributed by atoms with Gasteiger partial charge in [-0.05, 0) is 55.5 Å². The van der Waals surface area contributed by atoms with Crippen LogP contribution in [0.2, 0.25) is 5.02 Å². The van der Waals surface area contributed by atoms with Gasteiger partial charge in [-0.25, -0.2) is 9.79 Å². The van der Waals surface area contributed by atoms with Crippen molar-refractivity contribution in [1.82, 2.24) is 4.90 Å². The Morgan fingerprint density at radius 3 is 2.62 bits per heavy atom. The molecule has 0 N–H and O–H groups in total. The zero-order chi connectivity index (χ0) is 21.0. The number of halogens is 1. The molecule has 0 spiro atoms. The van der Waals surface area contributed by atoms with Crippen LogP contribution < -0.4 is 0 Å². The third-order valence-electron chi connectivity index (χ3n) is 5.24. The molecule has 0 atom stereocenters. The van der Waals surface area contributed by atoms with Gasteiger partial charge in [0.2, 0.25) is 0 Å². The van der Waals surface area contributed by atoms with Crippen LogP contribution in [0.25, 0.3) is 0 Å². The maximum atomic E-state index is 12.5. The molecule has 3 rings (SSSR count). The summed E-state index contributed by atoms with van der Waals surface area (Å²) >= 11 is 6.30. The van der Waals surface area contributed by atoms with Crippen molar-refractivity contribution in [3.63, 3.8) is 0 Å². The fourth-order valence-electron chi connectivity index (χ4n) is 2.95. The number of hydrogen-bond acceptors (Lipinski definition) is 4. The molecule has 5 nitrogen and oxygen atoms in total. The van der Waals surface area contributed by atoms with E-state index < -0.39 is 5.97 Å². The lowest BCUT2D eigenvalue weighted by molar-refractivity contribution is 0.0473. The molecule has 1 aliphatic carbocycles. The van der Waals surface area contributed by atoms with Crippen molar-refractivity contribution in [3.05, 3.63) is 63.7 Å². The third kappa shape index (κ3) is 4.78. The number of ether oxygens (including phenoxy) is 1. The number of nitrogens with zero attached hydrogens (tertiary/aromatic N) is 3. The first kappa shape index (κ1) is 20.9. The quantitative estimate of drug-likeness (QED) is 0.359. The molecule has 150 valence electrons. The highest BCUT2D eigenvalue weighted by atomic mass is 35.5. The van der Waals surface area contributed by atoms with Crippen LogP contribution in [0.15, 0.2) is 41.4 Å². The standard InChI is InChI=1S/C23H24ClN3O2/c1-4-27(3)15-26-21-12-20(24)19(11-16(21)2)22(28)29-13-17-5-7-18(8-6-17)23(14-25)9-10-23/h5-8,11-12,15H,4,9-10,13H2,1-3H3/b26-15+. The molecule has 0 heterocycles. The van der Waals surface area contributed by atoms with Gasteiger partial charge in [0, 0.05) is 13.6 Å². The zero-order valence-corrected chi connectivity index (χ0v) is 17.7. The molecule has 0 aliphatic heterocycles. The summed E-state index contributed by atoms with van der Waals surface area (Å²) in [6.45, 7) is 4.91. The van der Waals surface area contributed by atoms with Crippen molar-refractivity contribution in [2.24, 2.45) is 4.99 Å². The topological polar surface area (TPSA) is 65.7 Å². The minimum Gasteiger partial charge on any atom is -0.457 e. The second-order valence-corrected chi connectivity index (χ2v) is 7.81. The third-order valence-corrected chi connectivity index (χ3v) is 5.55. The van der Waals surface area contributed by atoms with Crippen LogP contribution in [-0.2, 0) is 16.8 Å². The fraction of sp³-hybridized carbons (Fsp3) is 0.348. The Kier molecular flexibility index (Phi) is 6.24. The Balaban J connectivity index is 1.65. The van der Waals surface area contributed by atoms with E-state index in [4.69, 9.17) is 16.3 Å². The normalized spacial score (nSPS) is 14.4. The molecule has 1 saturated carbocycles. The Bertz CT molecular complexity index is 973. The number of carbonyl (C=O) groups is 1. The number of aryl methyl sites for hydroxylation is 1. The number of carbonyl (C=O) groups excluding carboxylic acids is 1. The number of benzene rings is 2. The van der Waals surface area contributed by atoms with Crippen LogP contribution in [0.5, 0.6) is 0 Å². The first-order chi connectivity index (χ1) is 13.9. The summed E-state index contributed by atoms with van der Waals surface area (Å²) in [4.78, 5) is 18.9. The van der Waals surface area contributed by atoms with E-state index in [1.54, 1.807) is 18.5 Å². The minimum absolute atomic E-state index is 0.148. The second kappa shape index (κ2) is 8.67. The van der Waals surface area contributed by atoms with Gasteiger partial charge in [-0.2, -0.15) is 5.26 Å². The summed E-state index contributed by atoms with van der Waals surface area (Å²) in [6.07, 6.45) is 3.55. The number of esters is 1. The van der Waals surface area contributed by atoms with E-state index in [9.17, 15) is 10.1 Å². The highest BCUT2D eigenvalue weighted by Crippen LogP contribution is 2.47. The average molecular weight is 410 g/mol. The Morgan fingerprint density at radius 2 is 2.03 bits per heavy atom. The van der Waals surface area contributed by atoms with Gasteiger partial charge in [-0.3, -0.25) is 0 Å². The van der Waals surface area contributed by atoms with E-state index in [1.165, 1.54) is 0 Å².